The van der Waals surface area contributed by atoms with Crippen molar-refractivity contribution < 1.29 is 8.91 Å². The molecule has 1 saturated heterocycles. The Morgan fingerprint density at radius 3 is 2.84 bits per heavy atom. The summed E-state index contributed by atoms with van der Waals surface area (Å²) in [7, 11) is 0. The van der Waals surface area contributed by atoms with Gasteiger partial charge in [-0.05, 0) is 12.0 Å². The van der Waals surface area contributed by atoms with E-state index in [-0.39, 0.29) is 6.04 Å². The minimum atomic E-state index is -0.815. The Morgan fingerprint density at radius 1 is 1.26 bits per heavy atom. The predicted molar refractivity (Wildman–Crippen MR) is 68.4 cm³/mol. The molecule has 1 aromatic carbocycles. The number of rotatable bonds is 4. The number of nitrogens with one attached hydrogen (secondary N) is 1. The van der Waals surface area contributed by atoms with Gasteiger partial charge in [0.1, 0.15) is 6.17 Å². The first-order valence-corrected chi connectivity index (χ1v) is 6.55. The van der Waals surface area contributed by atoms with Crippen LogP contribution in [0, 0.1) is 0 Å². The Morgan fingerprint density at radius 2 is 2.11 bits per heavy atom. The summed E-state index contributed by atoms with van der Waals surface area (Å²) in [5.74, 6) is 1.19. The topological polar surface area (TPSA) is 51.0 Å². The lowest BCUT2D eigenvalue weighted by atomic mass is 10.1. The molecule has 0 aliphatic carbocycles. The second-order valence-electron chi connectivity index (χ2n) is 4.83. The van der Waals surface area contributed by atoms with Crippen molar-refractivity contribution in [3.8, 4) is 0 Å². The number of benzene rings is 1. The first kappa shape index (κ1) is 12.3. The van der Waals surface area contributed by atoms with E-state index >= 15 is 0 Å². The summed E-state index contributed by atoms with van der Waals surface area (Å²) in [6.45, 7) is 0.367. The third-order valence-electron chi connectivity index (χ3n) is 3.34. The molecule has 5 heteroatoms. The monoisotopic (exact) mass is 261 g/mol. The fourth-order valence-electron chi connectivity index (χ4n) is 2.29. The van der Waals surface area contributed by atoms with Crippen LogP contribution in [0.15, 0.2) is 34.9 Å². The average molecular weight is 261 g/mol. The van der Waals surface area contributed by atoms with Gasteiger partial charge in [-0.1, -0.05) is 35.5 Å². The summed E-state index contributed by atoms with van der Waals surface area (Å²) in [6, 6.07) is 10.0. The van der Waals surface area contributed by atoms with Crippen LogP contribution in [0.2, 0.25) is 0 Å². The smallest absolute Gasteiger partial charge is 0.243 e. The number of alkyl halides is 1. The highest BCUT2D eigenvalue weighted by Gasteiger charge is 2.29. The zero-order valence-electron chi connectivity index (χ0n) is 10.6. The molecule has 2 aromatic rings. The molecule has 0 unspecified atom stereocenters. The highest BCUT2D eigenvalue weighted by atomic mass is 19.1. The minimum absolute atomic E-state index is 0.132. The van der Waals surface area contributed by atoms with Gasteiger partial charge in [-0.15, -0.1) is 0 Å². The van der Waals surface area contributed by atoms with Gasteiger partial charge in [-0.25, -0.2) is 4.39 Å². The Labute approximate surface area is 111 Å². The van der Waals surface area contributed by atoms with Gasteiger partial charge in [0.25, 0.3) is 0 Å². The van der Waals surface area contributed by atoms with Crippen LogP contribution in [0.5, 0.6) is 0 Å². The molecule has 4 nitrogen and oxygen atoms in total. The normalized spacial score (nSPS) is 22.8. The zero-order chi connectivity index (χ0) is 13.1. The van der Waals surface area contributed by atoms with Crippen LogP contribution >= 0.6 is 0 Å². The number of halogens is 1. The average Bonchev–Trinajstić information content (AvgIpc) is 3.06. The summed E-state index contributed by atoms with van der Waals surface area (Å²) < 4.78 is 18.3. The molecule has 1 fully saturated rings. The van der Waals surface area contributed by atoms with Crippen molar-refractivity contribution in [1.82, 2.24) is 15.5 Å². The standard InChI is InChI=1S/C14H16FN3O/c15-11-8-12(16-9-11)14-17-13(18-19-14)7-6-10-4-2-1-3-5-10/h1-5,11-12,16H,6-9H2/t11-,12+/m0/s1. The number of nitrogens with zero attached hydrogens (tertiary/aromatic N) is 2. The predicted octanol–water partition coefficient (Wildman–Crippen LogP) is 2.23. The van der Waals surface area contributed by atoms with Crippen LogP contribution in [-0.4, -0.2) is 22.9 Å². The van der Waals surface area contributed by atoms with Crippen molar-refractivity contribution in [3.05, 3.63) is 47.6 Å². The van der Waals surface area contributed by atoms with Crippen LogP contribution in [0.4, 0.5) is 4.39 Å². The molecule has 0 bridgehead atoms. The molecule has 1 aromatic heterocycles. The molecule has 2 heterocycles. The maximum absolute atomic E-state index is 13.1. The van der Waals surface area contributed by atoms with E-state index in [1.54, 1.807) is 0 Å². The first-order chi connectivity index (χ1) is 9.31. The summed E-state index contributed by atoms with van der Waals surface area (Å²) in [6.07, 6.45) is 1.22. The molecular weight excluding hydrogens is 245 g/mol. The Kier molecular flexibility index (Phi) is 3.55. The molecule has 0 spiro atoms. The lowest BCUT2D eigenvalue weighted by molar-refractivity contribution is 0.322. The number of hydrogen-bond acceptors (Lipinski definition) is 4. The van der Waals surface area contributed by atoms with Crippen LogP contribution in [-0.2, 0) is 12.8 Å². The van der Waals surface area contributed by atoms with Gasteiger partial charge in [0.15, 0.2) is 5.82 Å². The number of aromatic nitrogens is 2. The van der Waals surface area contributed by atoms with Crippen molar-refractivity contribution in [2.45, 2.75) is 31.5 Å². The van der Waals surface area contributed by atoms with E-state index in [0.717, 1.165) is 12.8 Å². The van der Waals surface area contributed by atoms with Crippen molar-refractivity contribution in [3.63, 3.8) is 0 Å². The Balaban J connectivity index is 1.59. The molecule has 0 amide bonds. The molecule has 1 N–H and O–H groups in total. The number of hydrogen-bond donors (Lipinski definition) is 1. The lowest BCUT2D eigenvalue weighted by Crippen LogP contribution is -2.14. The van der Waals surface area contributed by atoms with E-state index in [9.17, 15) is 4.39 Å². The molecule has 19 heavy (non-hydrogen) atoms. The van der Waals surface area contributed by atoms with Crippen molar-refractivity contribution >= 4 is 0 Å². The first-order valence-electron chi connectivity index (χ1n) is 6.55. The minimum Gasteiger partial charge on any atom is -0.338 e. The zero-order valence-corrected chi connectivity index (χ0v) is 10.6. The van der Waals surface area contributed by atoms with E-state index in [0.29, 0.717) is 24.7 Å². The summed E-state index contributed by atoms with van der Waals surface area (Å²) >= 11 is 0. The van der Waals surface area contributed by atoms with Gasteiger partial charge in [-0.3, -0.25) is 0 Å². The van der Waals surface area contributed by atoms with Crippen molar-refractivity contribution in [2.24, 2.45) is 0 Å². The van der Waals surface area contributed by atoms with Crippen LogP contribution < -0.4 is 5.32 Å². The van der Waals surface area contributed by atoms with Crippen molar-refractivity contribution in [1.29, 1.82) is 0 Å². The Bertz CT molecular complexity index is 528. The van der Waals surface area contributed by atoms with E-state index in [1.165, 1.54) is 5.56 Å². The molecule has 1 aliphatic heterocycles. The fourth-order valence-corrected chi connectivity index (χ4v) is 2.29. The second-order valence-corrected chi connectivity index (χ2v) is 4.83. The molecule has 0 saturated carbocycles. The molecular formula is C14H16FN3O. The third kappa shape index (κ3) is 2.98. The van der Waals surface area contributed by atoms with Gasteiger partial charge in [-0.2, -0.15) is 4.98 Å². The van der Waals surface area contributed by atoms with E-state index in [4.69, 9.17) is 4.52 Å². The third-order valence-corrected chi connectivity index (χ3v) is 3.34. The van der Waals surface area contributed by atoms with Gasteiger partial charge in [0.05, 0.1) is 6.04 Å². The fraction of sp³-hybridized carbons (Fsp3) is 0.429. The van der Waals surface area contributed by atoms with Crippen molar-refractivity contribution in [2.75, 3.05) is 6.54 Å². The maximum Gasteiger partial charge on any atom is 0.243 e. The molecule has 100 valence electrons. The van der Waals surface area contributed by atoms with Crippen LogP contribution in [0.25, 0.3) is 0 Å². The second kappa shape index (κ2) is 5.48. The Hall–Kier alpha value is -1.75. The van der Waals surface area contributed by atoms with Gasteiger partial charge in [0.2, 0.25) is 5.89 Å². The summed E-state index contributed by atoms with van der Waals surface area (Å²) in [5, 5.41) is 6.99. The van der Waals surface area contributed by atoms with Crippen LogP contribution in [0.1, 0.15) is 29.7 Å². The molecule has 2 atom stereocenters. The highest BCUT2D eigenvalue weighted by molar-refractivity contribution is 5.15. The van der Waals surface area contributed by atoms with E-state index in [1.807, 2.05) is 18.2 Å². The molecule has 3 rings (SSSR count). The molecule has 1 aliphatic rings. The summed E-state index contributed by atoms with van der Waals surface area (Å²) in [4.78, 5) is 4.33. The van der Waals surface area contributed by atoms with Gasteiger partial charge >= 0.3 is 0 Å². The maximum atomic E-state index is 13.1. The van der Waals surface area contributed by atoms with Crippen LogP contribution in [0.3, 0.4) is 0 Å². The summed E-state index contributed by atoms with van der Waals surface area (Å²) in [5.41, 5.74) is 1.25. The SMILES string of the molecule is F[C@@H]1CN[C@@H](c2nc(CCc3ccccc3)no2)C1. The van der Waals surface area contributed by atoms with E-state index in [2.05, 4.69) is 27.6 Å². The van der Waals surface area contributed by atoms with Gasteiger partial charge < -0.3 is 9.84 Å². The number of aryl methyl sites for hydroxylation is 2. The quantitative estimate of drug-likeness (QED) is 0.917. The molecule has 0 radical (unpaired) electrons. The van der Waals surface area contributed by atoms with E-state index < -0.39 is 6.17 Å². The highest BCUT2D eigenvalue weighted by Crippen LogP contribution is 2.23. The van der Waals surface area contributed by atoms with Gasteiger partial charge in [0, 0.05) is 19.4 Å². The lowest BCUT2D eigenvalue weighted by Gasteiger charge is -2.01. The largest absolute Gasteiger partial charge is 0.338 e.